The normalized spacial score (nSPS) is 33.0. The molecule has 1 aromatic heterocycles. The lowest BCUT2D eigenvalue weighted by Crippen LogP contribution is -2.39. The number of benzene rings is 1. The number of para-hydroxylation sites is 2. The first-order valence-electron chi connectivity index (χ1n) is 10.2. The van der Waals surface area contributed by atoms with Crippen molar-refractivity contribution >= 4 is 16.9 Å². The number of hydrogen-bond donors (Lipinski definition) is 2. The molecule has 5 atom stereocenters. The van der Waals surface area contributed by atoms with Crippen LogP contribution in [0.1, 0.15) is 56.7 Å². The number of nitrogens with zero attached hydrogens (tertiary/aromatic N) is 1. The Morgan fingerprint density at radius 3 is 2.88 bits per heavy atom. The molecule has 26 heavy (non-hydrogen) atoms. The predicted octanol–water partition coefficient (Wildman–Crippen LogP) is 4.31. The van der Waals surface area contributed by atoms with Crippen molar-refractivity contribution in [3.8, 4) is 0 Å². The van der Waals surface area contributed by atoms with Crippen LogP contribution < -0.4 is 5.32 Å². The van der Waals surface area contributed by atoms with E-state index >= 15 is 0 Å². The molecule has 2 unspecified atom stereocenters. The molecule has 0 aliphatic heterocycles. The van der Waals surface area contributed by atoms with Crippen molar-refractivity contribution in [2.45, 2.75) is 56.9 Å². The van der Waals surface area contributed by atoms with Gasteiger partial charge in [0.15, 0.2) is 0 Å². The summed E-state index contributed by atoms with van der Waals surface area (Å²) in [6, 6.07) is 8.50. The summed E-state index contributed by atoms with van der Waals surface area (Å²) in [5.74, 6) is 3.73. The van der Waals surface area contributed by atoms with E-state index in [4.69, 9.17) is 4.98 Å². The molecule has 136 valence electrons. The second kappa shape index (κ2) is 6.57. The predicted molar refractivity (Wildman–Crippen MR) is 103 cm³/mol. The number of carbonyl (C=O) groups excluding carboxylic acids is 1. The number of allylic oxidation sites excluding steroid dienone is 2. The van der Waals surface area contributed by atoms with Gasteiger partial charge in [-0.1, -0.05) is 30.7 Å². The summed E-state index contributed by atoms with van der Waals surface area (Å²) < 4.78 is 0. The number of aromatic amines is 1. The second-order valence-corrected chi connectivity index (χ2v) is 8.51. The summed E-state index contributed by atoms with van der Waals surface area (Å²) in [6.45, 7) is 0. The van der Waals surface area contributed by atoms with Gasteiger partial charge in [0.05, 0.1) is 11.0 Å². The Morgan fingerprint density at radius 1 is 1.15 bits per heavy atom. The fourth-order valence-corrected chi connectivity index (χ4v) is 5.39. The minimum absolute atomic E-state index is 0.256. The summed E-state index contributed by atoms with van der Waals surface area (Å²) in [6.07, 6.45) is 12.3. The molecule has 2 saturated carbocycles. The van der Waals surface area contributed by atoms with Crippen LogP contribution in [0, 0.1) is 17.8 Å². The van der Waals surface area contributed by atoms with E-state index in [2.05, 4.69) is 34.6 Å². The summed E-state index contributed by atoms with van der Waals surface area (Å²) >= 11 is 0. The van der Waals surface area contributed by atoms with Crippen molar-refractivity contribution in [2.24, 2.45) is 17.8 Å². The fraction of sp³-hybridized carbons (Fsp3) is 0.545. The molecule has 2 bridgehead atoms. The van der Waals surface area contributed by atoms with Crippen molar-refractivity contribution in [3.63, 3.8) is 0 Å². The van der Waals surface area contributed by atoms with Gasteiger partial charge in [0.1, 0.15) is 5.82 Å². The van der Waals surface area contributed by atoms with E-state index < -0.39 is 0 Å². The van der Waals surface area contributed by atoms with Gasteiger partial charge in [0.25, 0.3) is 0 Å². The third kappa shape index (κ3) is 3.06. The topological polar surface area (TPSA) is 57.8 Å². The average molecular weight is 349 g/mol. The van der Waals surface area contributed by atoms with Gasteiger partial charge in [0.2, 0.25) is 5.91 Å². The minimum Gasteiger partial charge on any atom is -0.353 e. The molecule has 2 N–H and O–H groups in total. The molecular formula is C22H27N3O. The summed E-state index contributed by atoms with van der Waals surface area (Å²) in [5, 5.41) is 3.33. The van der Waals surface area contributed by atoms with Gasteiger partial charge in [-0.15, -0.1) is 0 Å². The van der Waals surface area contributed by atoms with Gasteiger partial charge < -0.3 is 10.3 Å². The number of nitrogens with one attached hydrogen (secondary N) is 2. The van der Waals surface area contributed by atoms with E-state index in [0.29, 0.717) is 30.2 Å². The van der Waals surface area contributed by atoms with E-state index in [9.17, 15) is 4.79 Å². The molecule has 1 heterocycles. The van der Waals surface area contributed by atoms with Gasteiger partial charge in [0, 0.05) is 18.4 Å². The zero-order valence-electron chi connectivity index (χ0n) is 15.2. The lowest BCUT2D eigenvalue weighted by molar-refractivity contribution is -0.123. The monoisotopic (exact) mass is 349 g/mol. The molecule has 0 radical (unpaired) electrons. The first-order chi connectivity index (χ1) is 12.7. The van der Waals surface area contributed by atoms with E-state index in [0.717, 1.165) is 48.5 Å². The zero-order valence-corrected chi connectivity index (χ0v) is 15.2. The maximum Gasteiger partial charge on any atom is 0.220 e. The van der Waals surface area contributed by atoms with Crippen molar-refractivity contribution in [1.29, 1.82) is 0 Å². The molecule has 4 nitrogen and oxygen atoms in total. The number of carbonyl (C=O) groups is 1. The summed E-state index contributed by atoms with van der Waals surface area (Å²) in [7, 11) is 0. The molecule has 4 heteroatoms. The number of rotatable bonds is 4. The molecule has 2 aromatic rings. The Kier molecular flexibility index (Phi) is 4.07. The quantitative estimate of drug-likeness (QED) is 0.808. The average Bonchev–Trinajstić information content (AvgIpc) is 3.36. The van der Waals surface area contributed by atoms with Gasteiger partial charge in [-0.05, 0) is 62.0 Å². The van der Waals surface area contributed by atoms with Gasteiger partial charge in [-0.3, -0.25) is 4.79 Å². The van der Waals surface area contributed by atoms with Gasteiger partial charge in [-0.2, -0.15) is 0 Å². The number of H-pyrrole nitrogens is 1. The van der Waals surface area contributed by atoms with Crippen LogP contribution in [0.2, 0.25) is 0 Å². The number of amides is 1. The Hall–Kier alpha value is -2.10. The Labute approximate surface area is 154 Å². The maximum atomic E-state index is 12.6. The maximum absolute atomic E-state index is 12.6. The van der Waals surface area contributed by atoms with E-state index in [-0.39, 0.29) is 5.91 Å². The first-order valence-corrected chi connectivity index (χ1v) is 10.2. The van der Waals surface area contributed by atoms with Crippen LogP contribution in [-0.4, -0.2) is 21.9 Å². The van der Waals surface area contributed by atoms with Crippen LogP contribution in [0.25, 0.3) is 11.0 Å². The number of aromatic nitrogens is 2. The van der Waals surface area contributed by atoms with Crippen LogP contribution in [0.15, 0.2) is 36.4 Å². The lowest BCUT2D eigenvalue weighted by atomic mass is 9.84. The largest absolute Gasteiger partial charge is 0.353 e. The van der Waals surface area contributed by atoms with E-state index in [1.54, 1.807) is 0 Å². The highest BCUT2D eigenvalue weighted by Gasteiger charge is 2.37. The standard InChI is InChI=1S/C22H27N3O/c26-21(13-17-11-14-8-9-15(17)10-14)23-18-5-3-4-16(12-18)22-24-19-6-1-2-7-20(19)25-22/h1-2,6-9,14-18H,3-5,10-13H2,(H,23,26)(H,24,25)/t14-,15+,16?,17+,18?/m0/s1. The number of imidazole rings is 1. The number of fused-ring (bicyclic) bond motifs is 3. The molecular weight excluding hydrogens is 322 g/mol. The number of hydrogen-bond acceptors (Lipinski definition) is 2. The SMILES string of the molecule is O=C(C[C@H]1C[C@H]2C=C[C@@H]1C2)NC1CCCC(c2nc3ccccc3[nH]2)C1. The fourth-order valence-electron chi connectivity index (χ4n) is 5.39. The van der Waals surface area contributed by atoms with E-state index in [1.165, 1.54) is 12.8 Å². The molecule has 5 rings (SSSR count). The lowest BCUT2D eigenvalue weighted by Gasteiger charge is -2.29. The van der Waals surface area contributed by atoms with Crippen LogP contribution >= 0.6 is 0 Å². The highest BCUT2D eigenvalue weighted by Crippen LogP contribution is 2.45. The molecule has 3 aliphatic carbocycles. The minimum atomic E-state index is 0.256. The summed E-state index contributed by atoms with van der Waals surface area (Å²) in [4.78, 5) is 20.8. The van der Waals surface area contributed by atoms with Crippen molar-refractivity contribution in [2.75, 3.05) is 0 Å². The second-order valence-electron chi connectivity index (χ2n) is 8.51. The Bertz CT molecular complexity index is 806. The third-order valence-corrected chi connectivity index (χ3v) is 6.70. The van der Waals surface area contributed by atoms with Crippen LogP contribution in [0.5, 0.6) is 0 Å². The molecule has 1 amide bonds. The molecule has 0 spiro atoms. The van der Waals surface area contributed by atoms with Crippen LogP contribution in [0.3, 0.4) is 0 Å². The molecule has 2 fully saturated rings. The van der Waals surface area contributed by atoms with Crippen molar-refractivity contribution in [1.82, 2.24) is 15.3 Å². The van der Waals surface area contributed by atoms with Crippen LogP contribution in [0.4, 0.5) is 0 Å². The van der Waals surface area contributed by atoms with Gasteiger partial charge >= 0.3 is 0 Å². The Morgan fingerprint density at radius 2 is 2.08 bits per heavy atom. The van der Waals surface area contributed by atoms with E-state index in [1.807, 2.05) is 12.1 Å². The first kappa shape index (κ1) is 16.1. The summed E-state index contributed by atoms with van der Waals surface area (Å²) in [5.41, 5.74) is 2.15. The third-order valence-electron chi connectivity index (χ3n) is 6.70. The smallest absolute Gasteiger partial charge is 0.220 e. The molecule has 1 aromatic carbocycles. The van der Waals surface area contributed by atoms with Crippen LogP contribution in [-0.2, 0) is 4.79 Å². The highest BCUT2D eigenvalue weighted by atomic mass is 16.1. The molecule has 0 saturated heterocycles. The zero-order chi connectivity index (χ0) is 17.5. The highest BCUT2D eigenvalue weighted by molar-refractivity contribution is 5.77. The Balaban J connectivity index is 1.20. The van der Waals surface area contributed by atoms with Gasteiger partial charge in [-0.25, -0.2) is 4.98 Å². The van der Waals surface area contributed by atoms with Crippen molar-refractivity contribution < 1.29 is 4.79 Å². The van der Waals surface area contributed by atoms with Crippen molar-refractivity contribution in [3.05, 3.63) is 42.2 Å². The molecule has 3 aliphatic rings.